The van der Waals surface area contributed by atoms with E-state index in [-0.39, 0.29) is 4.90 Å². The van der Waals surface area contributed by atoms with Crippen molar-refractivity contribution < 1.29 is 27.4 Å². The summed E-state index contributed by atoms with van der Waals surface area (Å²) in [5.41, 5.74) is 3.08. The number of aromatic nitrogens is 2. The third kappa shape index (κ3) is 6.60. The zero-order valence-corrected chi connectivity index (χ0v) is 22.3. The third-order valence-corrected chi connectivity index (χ3v) is 7.69. The smallest absolute Gasteiger partial charge is 0.238 e. The molecule has 0 aliphatic carbocycles. The number of pyridine rings is 1. The lowest BCUT2D eigenvalue weighted by Gasteiger charge is -2.32. The van der Waals surface area contributed by atoms with Gasteiger partial charge in [0.25, 0.3) is 0 Å². The first-order valence-corrected chi connectivity index (χ1v) is 14.4. The van der Waals surface area contributed by atoms with E-state index in [9.17, 15) is 13.5 Å². The normalized spacial score (nSPS) is 15.3. The van der Waals surface area contributed by atoms with Crippen LogP contribution in [0.5, 0.6) is 0 Å². The van der Waals surface area contributed by atoms with Gasteiger partial charge in [0.2, 0.25) is 10.0 Å². The minimum Gasteiger partial charge on any atom is -0.440 e. The maximum Gasteiger partial charge on any atom is 0.238 e. The van der Waals surface area contributed by atoms with E-state index in [4.69, 9.17) is 24.0 Å². The van der Waals surface area contributed by atoms with Crippen LogP contribution in [0.3, 0.4) is 0 Å². The van der Waals surface area contributed by atoms with E-state index in [0.29, 0.717) is 75.0 Å². The van der Waals surface area contributed by atoms with Crippen LogP contribution >= 0.6 is 0 Å². The van der Waals surface area contributed by atoms with Crippen LogP contribution in [0, 0.1) is 0 Å². The summed E-state index contributed by atoms with van der Waals surface area (Å²) in [5.74, 6) is 1.13. The number of ether oxygens (including phenoxy) is 2. The highest BCUT2D eigenvalue weighted by Gasteiger charge is 2.32. The number of benzene rings is 2. The van der Waals surface area contributed by atoms with Crippen LogP contribution in [-0.2, 0) is 38.1 Å². The Kier molecular flexibility index (Phi) is 8.20. The Morgan fingerprint density at radius 3 is 2.46 bits per heavy atom. The number of hydrogen-bond acceptors (Lipinski definition) is 8. The molecule has 204 valence electrons. The first kappa shape index (κ1) is 27.2. The second-order valence-corrected chi connectivity index (χ2v) is 11.2. The van der Waals surface area contributed by atoms with E-state index in [0.717, 1.165) is 16.7 Å². The Bertz CT molecular complexity index is 1500. The second-order valence-electron chi connectivity index (χ2n) is 9.60. The van der Waals surface area contributed by atoms with Crippen LogP contribution in [-0.4, -0.2) is 43.3 Å². The van der Waals surface area contributed by atoms with E-state index < -0.39 is 15.6 Å². The Morgan fingerprint density at radius 1 is 1.00 bits per heavy atom. The standard InChI is InChI=1S/C29H31N3O6S/c30-39(34,35)25-10-8-23(9-11-25)28-27(22-5-2-1-3-6-22)32-26(38-28)7-4-14-37-20-21-17-24(19-31-18-21)29(33)12-15-36-16-13-29/h1-3,5-6,8-11,17-19,33H,4,7,12-16,20H2,(H2,30,34,35). The molecule has 4 aromatic rings. The van der Waals surface area contributed by atoms with E-state index in [2.05, 4.69) is 4.98 Å². The molecule has 39 heavy (non-hydrogen) atoms. The number of sulfonamides is 1. The van der Waals surface area contributed by atoms with Crippen molar-refractivity contribution in [3.63, 3.8) is 0 Å². The van der Waals surface area contributed by atoms with Gasteiger partial charge in [-0.3, -0.25) is 4.98 Å². The zero-order chi connectivity index (χ0) is 27.3. The van der Waals surface area contributed by atoms with Crippen molar-refractivity contribution in [1.29, 1.82) is 0 Å². The summed E-state index contributed by atoms with van der Waals surface area (Å²) < 4.78 is 40.7. The summed E-state index contributed by atoms with van der Waals surface area (Å²) in [6.07, 6.45) is 5.82. The average Bonchev–Trinajstić information content (AvgIpc) is 3.38. The van der Waals surface area contributed by atoms with Crippen molar-refractivity contribution in [3.8, 4) is 22.6 Å². The highest BCUT2D eigenvalue weighted by molar-refractivity contribution is 7.89. The van der Waals surface area contributed by atoms with Crippen molar-refractivity contribution >= 4 is 10.0 Å². The Morgan fingerprint density at radius 2 is 1.74 bits per heavy atom. The largest absolute Gasteiger partial charge is 0.440 e. The molecule has 0 spiro atoms. The highest BCUT2D eigenvalue weighted by atomic mass is 32.2. The molecule has 1 aliphatic heterocycles. The lowest BCUT2D eigenvalue weighted by atomic mass is 9.87. The molecule has 5 rings (SSSR count). The summed E-state index contributed by atoms with van der Waals surface area (Å²) >= 11 is 0. The molecule has 0 amide bonds. The summed E-state index contributed by atoms with van der Waals surface area (Å²) in [5, 5.41) is 16.2. The molecule has 2 aromatic heterocycles. The minimum absolute atomic E-state index is 0.0343. The van der Waals surface area contributed by atoms with Gasteiger partial charge in [-0.2, -0.15) is 0 Å². The summed E-state index contributed by atoms with van der Waals surface area (Å²) in [6, 6.07) is 17.9. The van der Waals surface area contributed by atoms with Gasteiger partial charge in [-0.05, 0) is 42.3 Å². The van der Waals surface area contributed by atoms with Crippen molar-refractivity contribution in [2.75, 3.05) is 19.8 Å². The van der Waals surface area contributed by atoms with E-state index in [1.807, 2.05) is 36.4 Å². The molecule has 1 aliphatic rings. The van der Waals surface area contributed by atoms with Gasteiger partial charge in [0.1, 0.15) is 5.69 Å². The molecule has 0 radical (unpaired) electrons. The lowest BCUT2D eigenvalue weighted by Crippen LogP contribution is -2.33. The molecule has 0 bridgehead atoms. The summed E-state index contributed by atoms with van der Waals surface area (Å²) in [4.78, 5) is 9.07. The van der Waals surface area contributed by atoms with Crippen molar-refractivity contribution in [1.82, 2.24) is 9.97 Å². The number of aryl methyl sites for hydroxylation is 1. The average molecular weight is 550 g/mol. The zero-order valence-electron chi connectivity index (χ0n) is 21.5. The van der Waals surface area contributed by atoms with Crippen molar-refractivity contribution in [2.24, 2.45) is 5.14 Å². The topological polar surface area (TPSA) is 138 Å². The fourth-order valence-corrected chi connectivity index (χ4v) is 5.10. The summed E-state index contributed by atoms with van der Waals surface area (Å²) in [7, 11) is -3.79. The number of aliphatic hydroxyl groups is 1. The van der Waals surface area contributed by atoms with Crippen LogP contribution in [0.2, 0.25) is 0 Å². The summed E-state index contributed by atoms with van der Waals surface area (Å²) in [6.45, 7) is 1.94. The molecule has 10 heteroatoms. The van der Waals surface area contributed by atoms with Gasteiger partial charge in [0.05, 0.1) is 17.1 Å². The van der Waals surface area contributed by atoms with E-state index in [1.54, 1.807) is 24.5 Å². The van der Waals surface area contributed by atoms with Crippen molar-refractivity contribution in [3.05, 3.63) is 90.1 Å². The van der Waals surface area contributed by atoms with Gasteiger partial charge in [0.15, 0.2) is 11.7 Å². The second kappa shape index (κ2) is 11.8. The molecular formula is C29H31N3O6S. The molecule has 1 saturated heterocycles. The minimum atomic E-state index is -3.79. The maximum atomic E-state index is 11.6. The number of oxazole rings is 1. The van der Waals surface area contributed by atoms with Crippen LogP contribution in [0.4, 0.5) is 0 Å². The van der Waals surface area contributed by atoms with Crippen LogP contribution in [0.1, 0.15) is 36.3 Å². The number of nitrogens with zero attached hydrogens (tertiary/aromatic N) is 2. The first-order chi connectivity index (χ1) is 18.8. The quantitative estimate of drug-likeness (QED) is 0.281. The number of rotatable bonds is 10. The van der Waals surface area contributed by atoms with E-state index >= 15 is 0 Å². The van der Waals surface area contributed by atoms with Crippen molar-refractivity contribution in [2.45, 2.75) is 42.8 Å². The fourth-order valence-electron chi connectivity index (χ4n) is 4.59. The van der Waals surface area contributed by atoms with Crippen LogP contribution in [0.25, 0.3) is 22.6 Å². The maximum absolute atomic E-state index is 11.6. The molecule has 2 aromatic carbocycles. The number of nitrogens with two attached hydrogens (primary N) is 1. The number of primary sulfonamides is 1. The Hall–Kier alpha value is -3.41. The monoisotopic (exact) mass is 549 g/mol. The van der Waals surface area contributed by atoms with Gasteiger partial charge in [-0.25, -0.2) is 18.5 Å². The van der Waals surface area contributed by atoms with Gasteiger partial charge >= 0.3 is 0 Å². The third-order valence-electron chi connectivity index (χ3n) is 6.76. The van der Waals surface area contributed by atoms with Gasteiger partial charge < -0.3 is 19.0 Å². The molecule has 0 saturated carbocycles. The molecule has 9 nitrogen and oxygen atoms in total. The predicted molar refractivity (Wildman–Crippen MR) is 145 cm³/mol. The van der Waals surface area contributed by atoms with Gasteiger partial charge in [-0.15, -0.1) is 0 Å². The molecule has 0 atom stereocenters. The number of hydrogen-bond donors (Lipinski definition) is 2. The molecule has 1 fully saturated rings. The Labute approximate surface area is 227 Å². The first-order valence-electron chi connectivity index (χ1n) is 12.8. The molecule has 0 unspecified atom stereocenters. The lowest BCUT2D eigenvalue weighted by molar-refractivity contribution is -0.0682. The SMILES string of the molecule is NS(=O)(=O)c1ccc(-c2oc(CCCOCc3cncc(C4(O)CCOCC4)c3)nc2-c2ccccc2)cc1. The fraction of sp³-hybridized carbons (Fsp3) is 0.310. The van der Waals surface area contributed by atoms with E-state index in [1.165, 1.54) is 12.1 Å². The highest BCUT2D eigenvalue weighted by Crippen LogP contribution is 2.34. The molecule has 3 heterocycles. The van der Waals surface area contributed by atoms with Crippen LogP contribution in [0.15, 0.2) is 82.4 Å². The van der Waals surface area contributed by atoms with Gasteiger partial charge in [-0.1, -0.05) is 30.3 Å². The van der Waals surface area contributed by atoms with Gasteiger partial charge in [0, 0.05) is 68.2 Å². The molecular weight excluding hydrogens is 518 g/mol. The molecule has 3 N–H and O–H groups in total. The van der Waals surface area contributed by atoms with Crippen LogP contribution < -0.4 is 5.14 Å². The Balaban J connectivity index is 1.23. The predicted octanol–water partition coefficient (Wildman–Crippen LogP) is 4.20.